The molecule has 4 rings (SSSR count). The van der Waals surface area contributed by atoms with Crippen LogP contribution in [0.3, 0.4) is 0 Å². The Hall–Kier alpha value is -2.21. The van der Waals surface area contributed by atoms with E-state index in [9.17, 15) is 0 Å². The minimum Gasteiger partial charge on any atom is -0.384 e. The molecule has 3 aromatic rings. The molecule has 1 aliphatic carbocycles. The lowest BCUT2D eigenvalue weighted by molar-refractivity contribution is 0.200. The summed E-state index contributed by atoms with van der Waals surface area (Å²) in [5.41, 5.74) is 2.14. The van der Waals surface area contributed by atoms with Crippen LogP contribution in [0.5, 0.6) is 0 Å². The van der Waals surface area contributed by atoms with E-state index in [0.717, 1.165) is 41.6 Å². The third kappa shape index (κ3) is 2.51. The molecule has 0 saturated heterocycles. The Balaban J connectivity index is 1.84. The Morgan fingerprint density at radius 2 is 2.04 bits per heavy atom. The van der Waals surface area contributed by atoms with E-state index in [1.165, 1.54) is 19.3 Å². The predicted octanol–water partition coefficient (Wildman–Crippen LogP) is 3.09. The largest absolute Gasteiger partial charge is 0.384 e. The van der Waals surface area contributed by atoms with Gasteiger partial charge in [-0.3, -0.25) is 0 Å². The summed E-state index contributed by atoms with van der Waals surface area (Å²) in [5, 5.41) is 4.77. The number of benzene rings is 1. The Kier molecular flexibility index (Phi) is 4.06. The molecule has 0 aliphatic heterocycles. The van der Waals surface area contributed by atoms with Crippen molar-refractivity contribution in [3.8, 4) is 5.95 Å². The van der Waals surface area contributed by atoms with E-state index in [1.807, 2.05) is 10.7 Å². The fraction of sp³-hybridized carbons (Fsp3) is 0.500. The van der Waals surface area contributed by atoms with Crippen molar-refractivity contribution < 1.29 is 4.74 Å². The molecule has 2 aromatic heterocycles. The number of methoxy groups -OCH3 is 1. The molecule has 24 heavy (non-hydrogen) atoms. The maximum absolute atomic E-state index is 5.18. The first-order valence-electron chi connectivity index (χ1n) is 8.72. The van der Waals surface area contributed by atoms with E-state index in [4.69, 9.17) is 19.8 Å². The highest BCUT2D eigenvalue weighted by atomic mass is 16.5. The molecule has 0 N–H and O–H groups in total. The van der Waals surface area contributed by atoms with Gasteiger partial charge in [-0.15, -0.1) is 5.10 Å². The summed E-state index contributed by atoms with van der Waals surface area (Å²) in [6.45, 7) is 3.63. The first-order chi connectivity index (χ1) is 11.8. The number of hydrogen-bond acceptors (Lipinski definition) is 4. The van der Waals surface area contributed by atoms with E-state index in [0.29, 0.717) is 12.5 Å². The molecule has 0 amide bonds. The van der Waals surface area contributed by atoms with E-state index in [1.54, 1.807) is 7.11 Å². The second-order valence-electron chi connectivity index (χ2n) is 6.31. The Morgan fingerprint density at radius 1 is 1.21 bits per heavy atom. The first-order valence-corrected chi connectivity index (χ1v) is 8.72. The van der Waals surface area contributed by atoms with Crippen LogP contribution in [0.2, 0.25) is 0 Å². The zero-order valence-corrected chi connectivity index (χ0v) is 14.3. The molecular weight excluding hydrogens is 302 g/mol. The number of aromatic nitrogens is 5. The van der Waals surface area contributed by atoms with Crippen LogP contribution < -0.4 is 0 Å². The highest BCUT2D eigenvalue weighted by molar-refractivity contribution is 5.77. The van der Waals surface area contributed by atoms with Crippen molar-refractivity contribution in [3.63, 3.8) is 0 Å². The number of ether oxygens (including phenoxy) is 1. The van der Waals surface area contributed by atoms with E-state index < -0.39 is 0 Å². The quantitative estimate of drug-likeness (QED) is 0.699. The van der Waals surface area contributed by atoms with Gasteiger partial charge < -0.3 is 9.30 Å². The van der Waals surface area contributed by atoms with E-state index >= 15 is 0 Å². The number of fused-ring (bicyclic) bond motifs is 1. The molecular formula is C18H23N5O. The standard InChI is InChI=1S/C18H23N5O/c1-3-22-15-10-5-4-9-14(15)19-18(22)23-17(13-7-6-8-13)20-16(21-23)11-12-24-2/h4-5,9-10,13H,3,6-8,11-12H2,1-2H3. The lowest BCUT2D eigenvalue weighted by atomic mass is 9.85. The summed E-state index contributed by atoms with van der Waals surface area (Å²) in [7, 11) is 1.71. The van der Waals surface area contributed by atoms with Gasteiger partial charge in [0.15, 0.2) is 5.82 Å². The highest BCUT2D eigenvalue weighted by Gasteiger charge is 2.28. The molecule has 1 saturated carbocycles. The third-order valence-corrected chi connectivity index (χ3v) is 4.82. The summed E-state index contributed by atoms with van der Waals surface area (Å²) in [4.78, 5) is 9.65. The maximum Gasteiger partial charge on any atom is 0.233 e. The van der Waals surface area contributed by atoms with Gasteiger partial charge in [0.05, 0.1) is 17.6 Å². The van der Waals surface area contributed by atoms with Crippen LogP contribution in [-0.2, 0) is 17.7 Å². The molecule has 0 atom stereocenters. The topological polar surface area (TPSA) is 57.8 Å². The molecule has 6 nitrogen and oxygen atoms in total. The van der Waals surface area contributed by atoms with Crippen molar-refractivity contribution in [2.45, 2.75) is 45.1 Å². The molecule has 1 fully saturated rings. The van der Waals surface area contributed by atoms with E-state index in [2.05, 4.69) is 29.7 Å². The Morgan fingerprint density at radius 3 is 2.75 bits per heavy atom. The summed E-state index contributed by atoms with van der Waals surface area (Å²) in [6.07, 6.45) is 4.38. The van der Waals surface area contributed by atoms with Crippen LogP contribution in [0.15, 0.2) is 24.3 Å². The van der Waals surface area contributed by atoms with Gasteiger partial charge >= 0.3 is 0 Å². The number of hydrogen-bond donors (Lipinski definition) is 0. The monoisotopic (exact) mass is 325 g/mol. The van der Waals surface area contributed by atoms with Crippen LogP contribution in [-0.4, -0.2) is 38.0 Å². The predicted molar refractivity (Wildman–Crippen MR) is 92.5 cm³/mol. The lowest BCUT2D eigenvalue weighted by Gasteiger charge is -2.24. The number of nitrogens with zero attached hydrogens (tertiary/aromatic N) is 5. The molecule has 0 radical (unpaired) electrons. The second kappa shape index (κ2) is 6.36. The number of para-hydroxylation sites is 2. The summed E-state index contributed by atoms with van der Waals surface area (Å²) in [6, 6.07) is 8.24. The SMILES string of the molecule is CCn1c(-n2nc(CCOC)nc2C2CCC2)nc2ccccc21. The average Bonchev–Trinajstić information content (AvgIpc) is 3.12. The van der Waals surface area contributed by atoms with Gasteiger partial charge in [0.2, 0.25) is 5.95 Å². The Labute approximate surface area is 141 Å². The molecule has 0 spiro atoms. The van der Waals surface area contributed by atoms with Crippen molar-refractivity contribution in [2.24, 2.45) is 0 Å². The zero-order chi connectivity index (χ0) is 16.5. The first kappa shape index (κ1) is 15.3. The van der Waals surface area contributed by atoms with Crippen LogP contribution in [0.25, 0.3) is 17.0 Å². The van der Waals surface area contributed by atoms with Crippen LogP contribution in [0, 0.1) is 0 Å². The highest BCUT2D eigenvalue weighted by Crippen LogP contribution is 2.36. The normalized spacial score (nSPS) is 15.1. The molecule has 1 aliphatic rings. The smallest absolute Gasteiger partial charge is 0.233 e. The Bertz CT molecular complexity index is 846. The maximum atomic E-state index is 5.18. The van der Waals surface area contributed by atoms with Crippen LogP contribution >= 0.6 is 0 Å². The number of rotatable bonds is 6. The third-order valence-electron chi connectivity index (χ3n) is 4.82. The van der Waals surface area contributed by atoms with Crippen molar-refractivity contribution in [3.05, 3.63) is 35.9 Å². The van der Waals surface area contributed by atoms with E-state index in [-0.39, 0.29) is 0 Å². The van der Waals surface area contributed by atoms with Crippen LogP contribution in [0.1, 0.15) is 43.8 Å². The van der Waals surface area contributed by atoms with Crippen molar-refractivity contribution in [2.75, 3.05) is 13.7 Å². The zero-order valence-electron chi connectivity index (χ0n) is 14.3. The fourth-order valence-electron chi connectivity index (χ4n) is 3.28. The summed E-state index contributed by atoms with van der Waals surface area (Å²) >= 11 is 0. The van der Waals surface area contributed by atoms with Gasteiger partial charge in [0.25, 0.3) is 0 Å². The van der Waals surface area contributed by atoms with Crippen molar-refractivity contribution >= 4 is 11.0 Å². The van der Waals surface area contributed by atoms with Gasteiger partial charge in [-0.25, -0.2) is 9.97 Å². The molecule has 0 unspecified atom stereocenters. The molecule has 1 aromatic carbocycles. The van der Waals surface area contributed by atoms with Gasteiger partial charge in [-0.05, 0) is 31.9 Å². The van der Waals surface area contributed by atoms with Gasteiger partial charge in [-0.1, -0.05) is 18.6 Å². The van der Waals surface area contributed by atoms with Gasteiger partial charge in [0, 0.05) is 26.0 Å². The van der Waals surface area contributed by atoms with Crippen molar-refractivity contribution in [1.82, 2.24) is 24.3 Å². The van der Waals surface area contributed by atoms with Crippen LogP contribution in [0.4, 0.5) is 0 Å². The van der Waals surface area contributed by atoms with Gasteiger partial charge in [0.1, 0.15) is 5.82 Å². The molecule has 126 valence electrons. The average molecular weight is 325 g/mol. The fourth-order valence-corrected chi connectivity index (χ4v) is 3.28. The second-order valence-corrected chi connectivity index (χ2v) is 6.31. The van der Waals surface area contributed by atoms with Crippen molar-refractivity contribution in [1.29, 1.82) is 0 Å². The molecule has 0 bridgehead atoms. The lowest BCUT2D eigenvalue weighted by Crippen LogP contribution is -2.17. The summed E-state index contributed by atoms with van der Waals surface area (Å²) < 4.78 is 9.37. The van der Waals surface area contributed by atoms with Gasteiger partial charge in [-0.2, -0.15) is 4.68 Å². The molecule has 2 heterocycles. The summed E-state index contributed by atoms with van der Waals surface area (Å²) in [5.74, 6) is 3.27. The number of aryl methyl sites for hydroxylation is 1. The number of imidazole rings is 1. The minimum absolute atomic E-state index is 0.499. The minimum atomic E-state index is 0.499. The molecule has 6 heteroatoms.